The lowest BCUT2D eigenvalue weighted by Gasteiger charge is -2.27. The van der Waals surface area contributed by atoms with E-state index < -0.39 is 0 Å². The average Bonchev–Trinajstić information content (AvgIpc) is 2.39. The Morgan fingerprint density at radius 1 is 1.15 bits per heavy atom. The van der Waals surface area contributed by atoms with Gasteiger partial charge in [0.05, 0.1) is 5.56 Å². The third-order valence-corrected chi connectivity index (χ3v) is 3.82. The molecule has 4 heteroatoms. The van der Waals surface area contributed by atoms with Gasteiger partial charge in [-0.1, -0.05) is 29.8 Å². The molecule has 2 nitrogen and oxygen atoms in total. The number of nitrogens with zero attached hydrogens (tertiary/aromatic N) is 1. The second-order valence-corrected chi connectivity index (χ2v) is 6.02. The fraction of sp³-hybridized carbons (Fsp3) is 0.188. The molecule has 0 aliphatic heterocycles. The van der Waals surface area contributed by atoms with Gasteiger partial charge in [0.2, 0.25) is 0 Å². The van der Waals surface area contributed by atoms with Crippen LogP contribution >= 0.6 is 27.5 Å². The summed E-state index contributed by atoms with van der Waals surface area (Å²) >= 11 is 9.33. The number of rotatable bonds is 3. The van der Waals surface area contributed by atoms with Gasteiger partial charge in [0.25, 0.3) is 5.91 Å². The summed E-state index contributed by atoms with van der Waals surface area (Å²) in [7, 11) is 0. The summed E-state index contributed by atoms with van der Waals surface area (Å²) in [6.07, 6.45) is 0. The van der Waals surface area contributed by atoms with Crippen LogP contribution in [0.25, 0.3) is 0 Å². The third kappa shape index (κ3) is 3.22. The van der Waals surface area contributed by atoms with Gasteiger partial charge in [-0.2, -0.15) is 0 Å². The molecule has 1 amide bonds. The molecule has 0 heterocycles. The normalized spacial score (nSPS) is 10.7. The van der Waals surface area contributed by atoms with E-state index in [0.717, 1.165) is 5.69 Å². The molecule has 0 fully saturated rings. The van der Waals surface area contributed by atoms with E-state index in [0.29, 0.717) is 15.1 Å². The molecule has 2 aromatic rings. The van der Waals surface area contributed by atoms with E-state index in [4.69, 9.17) is 11.6 Å². The van der Waals surface area contributed by atoms with Gasteiger partial charge in [-0.25, -0.2) is 0 Å². The zero-order chi connectivity index (χ0) is 14.7. The maximum Gasteiger partial charge on any atom is 0.259 e. The predicted octanol–water partition coefficient (Wildman–Crippen LogP) is 5.16. The van der Waals surface area contributed by atoms with Crippen LogP contribution in [0.1, 0.15) is 24.2 Å². The Hall–Kier alpha value is -1.32. The highest BCUT2D eigenvalue weighted by molar-refractivity contribution is 9.10. The van der Waals surface area contributed by atoms with Crippen molar-refractivity contribution in [1.29, 1.82) is 0 Å². The Labute approximate surface area is 132 Å². The molecule has 0 aliphatic rings. The van der Waals surface area contributed by atoms with Gasteiger partial charge in [-0.05, 0) is 60.1 Å². The number of hydrogen-bond donors (Lipinski definition) is 0. The zero-order valence-corrected chi connectivity index (χ0v) is 13.6. The van der Waals surface area contributed by atoms with Gasteiger partial charge in [-0.3, -0.25) is 4.79 Å². The Balaban J connectivity index is 2.42. The van der Waals surface area contributed by atoms with E-state index in [1.54, 1.807) is 23.1 Å². The van der Waals surface area contributed by atoms with E-state index in [-0.39, 0.29) is 11.9 Å². The molecule has 104 valence electrons. The van der Waals surface area contributed by atoms with Crippen molar-refractivity contribution >= 4 is 39.1 Å². The van der Waals surface area contributed by atoms with Crippen LogP contribution in [0.5, 0.6) is 0 Å². The molecule has 0 spiro atoms. The second kappa shape index (κ2) is 6.42. The van der Waals surface area contributed by atoms with Crippen LogP contribution < -0.4 is 4.90 Å². The summed E-state index contributed by atoms with van der Waals surface area (Å²) < 4.78 is 0.705. The molecular formula is C16H15BrClNO. The van der Waals surface area contributed by atoms with Gasteiger partial charge in [0, 0.05) is 21.2 Å². The molecule has 2 aromatic carbocycles. The number of carbonyl (C=O) groups excluding carboxylic acids is 1. The summed E-state index contributed by atoms with van der Waals surface area (Å²) in [6.45, 7) is 3.99. The monoisotopic (exact) mass is 351 g/mol. The lowest BCUT2D eigenvalue weighted by molar-refractivity contribution is 0.0979. The smallest absolute Gasteiger partial charge is 0.259 e. The highest BCUT2D eigenvalue weighted by Crippen LogP contribution is 2.26. The minimum absolute atomic E-state index is 0.0465. The van der Waals surface area contributed by atoms with E-state index in [2.05, 4.69) is 15.9 Å². The maximum absolute atomic E-state index is 12.8. The quantitative estimate of drug-likeness (QED) is 0.747. The third-order valence-electron chi connectivity index (χ3n) is 2.93. The summed E-state index contributed by atoms with van der Waals surface area (Å²) in [4.78, 5) is 14.5. The Morgan fingerprint density at radius 3 is 2.35 bits per heavy atom. The molecule has 0 saturated heterocycles. The van der Waals surface area contributed by atoms with Crippen LogP contribution in [-0.2, 0) is 0 Å². The lowest BCUT2D eigenvalue weighted by atomic mass is 10.1. The summed E-state index contributed by atoms with van der Waals surface area (Å²) in [5, 5.41) is 0.601. The van der Waals surface area contributed by atoms with E-state index in [1.807, 2.05) is 44.2 Å². The Kier molecular flexibility index (Phi) is 4.84. The first kappa shape index (κ1) is 15.1. The number of carbonyl (C=O) groups is 1. The van der Waals surface area contributed by atoms with Crippen LogP contribution in [0, 0.1) is 0 Å². The largest absolute Gasteiger partial charge is 0.306 e. The van der Waals surface area contributed by atoms with Crippen LogP contribution in [0.2, 0.25) is 5.02 Å². The Bertz CT molecular complexity index is 613. The number of anilines is 1. The van der Waals surface area contributed by atoms with Crippen LogP contribution in [0.15, 0.2) is 53.0 Å². The van der Waals surface area contributed by atoms with E-state index >= 15 is 0 Å². The van der Waals surface area contributed by atoms with Crippen LogP contribution in [-0.4, -0.2) is 11.9 Å². The molecular weight excluding hydrogens is 338 g/mol. The molecule has 0 bridgehead atoms. The molecule has 0 unspecified atom stereocenters. The predicted molar refractivity (Wildman–Crippen MR) is 87.5 cm³/mol. The van der Waals surface area contributed by atoms with Gasteiger partial charge in [0.1, 0.15) is 0 Å². The van der Waals surface area contributed by atoms with E-state index in [9.17, 15) is 4.79 Å². The first-order valence-electron chi connectivity index (χ1n) is 6.34. The molecule has 0 N–H and O–H groups in total. The van der Waals surface area contributed by atoms with Crippen molar-refractivity contribution < 1.29 is 4.79 Å². The van der Waals surface area contributed by atoms with Crippen molar-refractivity contribution in [3.63, 3.8) is 0 Å². The van der Waals surface area contributed by atoms with E-state index in [1.165, 1.54) is 0 Å². The highest BCUT2D eigenvalue weighted by Gasteiger charge is 2.22. The summed E-state index contributed by atoms with van der Waals surface area (Å²) in [5.74, 6) is -0.0465. The lowest BCUT2D eigenvalue weighted by Crippen LogP contribution is -2.37. The van der Waals surface area contributed by atoms with Crippen LogP contribution in [0.4, 0.5) is 5.69 Å². The Morgan fingerprint density at radius 2 is 1.80 bits per heavy atom. The SMILES string of the molecule is CC(C)N(C(=O)c1ccc(Cl)cc1Br)c1ccccc1. The first-order valence-corrected chi connectivity index (χ1v) is 7.51. The van der Waals surface area contributed by atoms with Crippen molar-refractivity contribution in [2.75, 3.05) is 4.90 Å². The molecule has 0 radical (unpaired) electrons. The minimum Gasteiger partial charge on any atom is -0.306 e. The number of para-hydroxylation sites is 1. The highest BCUT2D eigenvalue weighted by atomic mass is 79.9. The second-order valence-electron chi connectivity index (χ2n) is 4.73. The first-order chi connectivity index (χ1) is 9.50. The number of amides is 1. The maximum atomic E-state index is 12.8. The fourth-order valence-corrected chi connectivity index (χ4v) is 2.88. The standard InChI is InChI=1S/C16H15BrClNO/c1-11(2)19(13-6-4-3-5-7-13)16(20)14-9-8-12(18)10-15(14)17/h3-11H,1-2H3. The zero-order valence-electron chi connectivity index (χ0n) is 11.3. The van der Waals surface area contributed by atoms with Crippen molar-refractivity contribution in [3.8, 4) is 0 Å². The number of halogens is 2. The molecule has 0 aliphatic carbocycles. The van der Waals surface area contributed by atoms with Gasteiger partial charge in [0.15, 0.2) is 0 Å². The number of benzene rings is 2. The van der Waals surface area contributed by atoms with Crippen molar-refractivity contribution in [2.24, 2.45) is 0 Å². The number of hydrogen-bond acceptors (Lipinski definition) is 1. The summed E-state index contributed by atoms with van der Waals surface area (Å²) in [5.41, 5.74) is 1.49. The van der Waals surface area contributed by atoms with Crippen molar-refractivity contribution in [1.82, 2.24) is 0 Å². The molecule has 2 rings (SSSR count). The van der Waals surface area contributed by atoms with Gasteiger partial charge >= 0.3 is 0 Å². The summed E-state index contributed by atoms with van der Waals surface area (Å²) in [6, 6.07) is 14.9. The molecule has 0 atom stereocenters. The van der Waals surface area contributed by atoms with Gasteiger partial charge < -0.3 is 4.90 Å². The molecule has 0 saturated carbocycles. The van der Waals surface area contributed by atoms with Crippen molar-refractivity contribution in [3.05, 3.63) is 63.6 Å². The molecule has 0 aromatic heterocycles. The van der Waals surface area contributed by atoms with Crippen molar-refractivity contribution in [2.45, 2.75) is 19.9 Å². The van der Waals surface area contributed by atoms with Gasteiger partial charge in [-0.15, -0.1) is 0 Å². The molecule has 20 heavy (non-hydrogen) atoms. The topological polar surface area (TPSA) is 20.3 Å². The fourth-order valence-electron chi connectivity index (χ4n) is 2.03. The minimum atomic E-state index is -0.0465. The average molecular weight is 353 g/mol. The van der Waals surface area contributed by atoms with Crippen LogP contribution in [0.3, 0.4) is 0 Å².